The number of amides is 2. The molecule has 0 radical (unpaired) electrons. The molecule has 0 saturated heterocycles. The summed E-state index contributed by atoms with van der Waals surface area (Å²) < 4.78 is 5.07. The minimum absolute atomic E-state index is 0.157. The van der Waals surface area contributed by atoms with Gasteiger partial charge in [-0.25, -0.2) is 4.79 Å². The largest absolute Gasteiger partial charge is 0.338 e. The van der Waals surface area contributed by atoms with Gasteiger partial charge in [-0.15, -0.1) is 0 Å². The maximum atomic E-state index is 11.9. The fraction of sp³-hybridized carbons (Fsp3) is 0.286. The van der Waals surface area contributed by atoms with Crippen molar-refractivity contribution in [3.05, 3.63) is 40.0 Å². The molecule has 1 aromatic heterocycles. The summed E-state index contributed by atoms with van der Waals surface area (Å²) in [6, 6.07) is 6.17. The van der Waals surface area contributed by atoms with Gasteiger partial charge in [-0.3, -0.25) is 5.32 Å². The average molecular weight is 328 g/mol. The van der Waals surface area contributed by atoms with E-state index >= 15 is 0 Å². The second kappa shape index (κ2) is 5.95. The predicted octanol–water partition coefficient (Wildman–Crippen LogP) is 4.92. The Morgan fingerprint density at radius 2 is 1.95 bits per heavy atom. The average Bonchev–Trinajstić information content (AvgIpc) is 2.83. The van der Waals surface area contributed by atoms with Crippen molar-refractivity contribution in [1.29, 1.82) is 0 Å². The molecule has 2 amide bonds. The smallest absolute Gasteiger partial charge is 0.326 e. The quantitative estimate of drug-likeness (QED) is 0.822. The van der Waals surface area contributed by atoms with Crippen LogP contribution in [0, 0.1) is 0 Å². The number of nitrogens with zero attached hydrogens (tertiary/aromatic N) is 1. The Labute approximate surface area is 132 Å². The van der Waals surface area contributed by atoms with E-state index in [1.807, 2.05) is 20.8 Å². The molecule has 1 aromatic carbocycles. The highest BCUT2D eigenvalue weighted by Gasteiger charge is 2.19. The Morgan fingerprint density at radius 3 is 2.57 bits per heavy atom. The number of hydrogen-bond acceptors (Lipinski definition) is 3. The van der Waals surface area contributed by atoms with Gasteiger partial charge in [0.25, 0.3) is 0 Å². The van der Waals surface area contributed by atoms with E-state index < -0.39 is 6.03 Å². The zero-order chi connectivity index (χ0) is 15.6. The van der Waals surface area contributed by atoms with E-state index in [1.54, 1.807) is 24.3 Å². The third-order valence-corrected chi connectivity index (χ3v) is 3.53. The summed E-state index contributed by atoms with van der Waals surface area (Å²) in [5, 5.41) is 9.70. The van der Waals surface area contributed by atoms with E-state index in [-0.39, 0.29) is 16.3 Å². The zero-order valence-electron chi connectivity index (χ0n) is 11.8. The van der Waals surface area contributed by atoms with E-state index in [4.69, 9.17) is 27.7 Å². The molecular weight excluding hydrogens is 313 g/mol. The van der Waals surface area contributed by atoms with Crippen LogP contribution < -0.4 is 10.6 Å². The lowest BCUT2D eigenvalue weighted by Crippen LogP contribution is -2.19. The first-order valence-corrected chi connectivity index (χ1v) is 7.02. The lowest BCUT2D eigenvalue weighted by molar-refractivity contribution is 0.261. The van der Waals surface area contributed by atoms with E-state index in [9.17, 15) is 4.79 Å². The van der Waals surface area contributed by atoms with Crippen molar-refractivity contribution >= 4 is 40.8 Å². The molecule has 2 aromatic rings. The van der Waals surface area contributed by atoms with Gasteiger partial charge in [0, 0.05) is 11.5 Å². The molecule has 0 aliphatic heterocycles. The number of rotatable bonds is 2. The first kappa shape index (κ1) is 15.7. The number of carbonyl (C=O) groups is 1. The Bertz CT molecular complexity index is 662. The van der Waals surface area contributed by atoms with Gasteiger partial charge in [0.15, 0.2) is 0 Å². The first-order valence-electron chi connectivity index (χ1n) is 6.26. The first-order chi connectivity index (χ1) is 9.77. The second-order valence-electron chi connectivity index (χ2n) is 5.51. The van der Waals surface area contributed by atoms with E-state index in [2.05, 4.69) is 15.8 Å². The van der Waals surface area contributed by atoms with Gasteiger partial charge < -0.3 is 9.84 Å². The zero-order valence-corrected chi connectivity index (χ0v) is 13.3. The van der Waals surface area contributed by atoms with Crippen molar-refractivity contribution in [3.8, 4) is 0 Å². The molecule has 2 N–H and O–H groups in total. The number of halogens is 2. The SMILES string of the molecule is CC(C)(C)c1cc(NC(=O)Nc2cccc(Cl)c2Cl)on1. The molecule has 0 aliphatic rings. The third kappa shape index (κ3) is 3.89. The summed E-state index contributed by atoms with van der Waals surface area (Å²) in [6.45, 7) is 6.00. The van der Waals surface area contributed by atoms with Crippen LogP contribution in [0.25, 0.3) is 0 Å². The van der Waals surface area contributed by atoms with Crippen LogP contribution in [0.15, 0.2) is 28.8 Å². The van der Waals surface area contributed by atoms with Gasteiger partial charge in [-0.2, -0.15) is 0 Å². The number of urea groups is 1. The number of carbonyl (C=O) groups excluding carboxylic acids is 1. The lowest BCUT2D eigenvalue weighted by atomic mass is 9.92. The van der Waals surface area contributed by atoms with E-state index in [0.717, 1.165) is 5.69 Å². The highest BCUT2D eigenvalue weighted by molar-refractivity contribution is 6.44. The topological polar surface area (TPSA) is 67.2 Å². The monoisotopic (exact) mass is 327 g/mol. The minimum atomic E-state index is -0.490. The highest BCUT2D eigenvalue weighted by Crippen LogP contribution is 2.29. The molecule has 2 rings (SSSR count). The lowest BCUT2D eigenvalue weighted by Gasteiger charge is -2.12. The van der Waals surface area contributed by atoms with Gasteiger partial charge in [0.1, 0.15) is 0 Å². The van der Waals surface area contributed by atoms with Crippen LogP contribution >= 0.6 is 23.2 Å². The van der Waals surface area contributed by atoms with Crippen molar-refractivity contribution in [2.75, 3.05) is 10.6 Å². The summed E-state index contributed by atoms with van der Waals surface area (Å²) in [7, 11) is 0. The fourth-order valence-electron chi connectivity index (χ4n) is 1.55. The minimum Gasteiger partial charge on any atom is -0.338 e. The molecule has 0 spiro atoms. The molecule has 112 valence electrons. The Kier molecular flexibility index (Phi) is 4.44. The van der Waals surface area contributed by atoms with Gasteiger partial charge in [0.2, 0.25) is 5.88 Å². The normalized spacial score (nSPS) is 11.3. The predicted molar refractivity (Wildman–Crippen MR) is 84.3 cm³/mol. The van der Waals surface area contributed by atoms with Gasteiger partial charge in [-0.05, 0) is 12.1 Å². The second-order valence-corrected chi connectivity index (χ2v) is 6.29. The number of nitrogens with one attached hydrogen (secondary N) is 2. The standard InChI is InChI=1S/C14H15Cl2N3O2/c1-14(2,3)10-7-11(21-19-10)18-13(20)17-9-6-4-5-8(15)12(9)16/h4-7H,1-3H3,(H2,17,18,20). The summed E-state index contributed by atoms with van der Waals surface area (Å²) in [5.41, 5.74) is 1.01. The summed E-state index contributed by atoms with van der Waals surface area (Å²) in [5.74, 6) is 0.260. The van der Waals surface area contributed by atoms with Crippen molar-refractivity contribution < 1.29 is 9.32 Å². The number of aromatic nitrogens is 1. The summed E-state index contributed by atoms with van der Waals surface area (Å²) in [4.78, 5) is 11.9. The molecule has 0 unspecified atom stereocenters. The number of hydrogen-bond donors (Lipinski definition) is 2. The van der Waals surface area contributed by atoms with Crippen LogP contribution in [0.2, 0.25) is 10.0 Å². The summed E-state index contributed by atoms with van der Waals surface area (Å²) in [6.07, 6.45) is 0. The Hall–Kier alpha value is -1.72. The molecule has 0 saturated carbocycles. The summed E-state index contributed by atoms with van der Waals surface area (Å²) >= 11 is 11.9. The fourth-order valence-corrected chi connectivity index (χ4v) is 1.90. The van der Waals surface area contributed by atoms with Crippen molar-refractivity contribution in [3.63, 3.8) is 0 Å². The molecule has 7 heteroatoms. The van der Waals surface area contributed by atoms with Crippen LogP contribution in [0.4, 0.5) is 16.4 Å². The molecule has 0 aliphatic carbocycles. The Balaban J connectivity index is 2.05. The maximum absolute atomic E-state index is 11.9. The van der Waals surface area contributed by atoms with E-state index in [0.29, 0.717) is 10.7 Å². The molecule has 5 nitrogen and oxygen atoms in total. The van der Waals surface area contributed by atoms with Crippen LogP contribution in [-0.4, -0.2) is 11.2 Å². The third-order valence-electron chi connectivity index (χ3n) is 2.72. The highest BCUT2D eigenvalue weighted by atomic mass is 35.5. The van der Waals surface area contributed by atoms with Crippen molar-refractivity contribution in [1.82, 2.24) is 5.16 Å². The molecule has 0 atom stereocenters. The van der Waals surface area contributed by atoms with Crippen LogP contribution in [0.5, 0.6) is 0 Å². The molecule has 21 heavy (non-hydrogen) atoms. The molecule has 1 heterocycles. The Morgan fingerprint density at radius 1 is 1.24 bits per heavy atom. The van der Waals surface area contributed by atoms with Crippen molar-refractivity contribution in [2.24, 2.45) is 0 Å². The van der Waals surface area contributed by atoms with Gasteiger partial charge >= 0.3 is 6.03 Å². The van der Waals surface area contributed by atoms with Crippen molar-refractivity contribution in [2.45, 2.75) is 26.2 Å². The molecular formula is C14H15Cl2N3O2. The van der Waals surface area contributed by atoms with Gasteiger partial charge in [-0.1, -0.05) is 55.2 Å². The number of anilines is 2. The van der Waals surface area contributed by atoms with Crippen LogP contribution in [0.1, 0.15) is 26.5 Å². The molecule has 0 fully saturated rings. The maximum Gasteiger partial charge on any atom is 0.326 e. The molecule has 0 bridgehead atoms. The van der Waals surface area contributed by atoms with E-state index in [1.165, 1.54) is 0 Å². The number of benzene rings is 1. The van der Waals surface area contributed by atoms with Crippen LogP contribution in [-0.2, 0) is 5.41 Å². The van der Waals surface area contributed by atoms with Crippen LogP contribution in [0.3, 0.4) is 0 Å². The van der Waals surface area contributed by atoms with Gasteiger partial charge in [0.05, 0.1) is 21.4 Å².